The van der Waals surface area contributed by atoms with Gasteiger partial charge in [0.15, 0.2) is 0 Å². The van der Waals surface area contributed by atoms with Gasteiger partial charge in [0.05, 0.1) is 6.61 Å². The summed E-state index contributed by atoms with van der Waals surface area (Å²) in [5.41, 5.74) is 4.27. The Labute approximate surface area is 271 Å². The van der Waals surface area contributed by atoms with Crippen molar-refractivity contribution in [3.63, 3.8) is 0 Å². The molecule has 0 unspecified atom stereocenters. The number of anilines is 2. The van der Waals surface area contributed by atoms with E-state index < -0.39 is 11.7 Å². The molecule has 0 saturated carbocycles. The van der Waals surface area contributed by atoms with Crippen LogP contribution in [-0.2, 0) is 32.0 Å². The number of pyridine rings is 1. The van der Waals surface area contributed by atoms with Gasteiger partial charge in [-0.2, -0.15) is 0 Å². The number of carbonyl (C=O) groups is 3. The Bertz CT molecular complexity index is 1500. The van der Waals surface area contributed by atoms with E-state index in [0.717, 1.165) is 59.8 Å². The Morgan fingerprint density at radius 1 is 0.935 bits per heavy atom. The summed E-state index contributed by atoms with van der Waals surface area (Å²) in [6, 6.07) is 10.0. The van der Waals surface area contributed by atoms with Crippen LogP contribution in [0.25, 0.3) is 11.1 Å². The molecule has 1 saturated heterocycles. The topological polar surface area (TPSA) is 130 Å². The molecule has 0 radical (unpaired) electrons. The van der Waals surface area contributed by atoms with Gasteiger partial charge in [0, 0.05) is 70.3 Å². The lowest BCUT2D eigenvalue weighted by Gasteiger charge is -2.36. The minimum Gasteiger partial charge on any atom is -0.466 e. The Kier molecular flexibility index (Phi) is 11.5. The van der Waals surface area contributed by atoms with Crippen molar-refractivity contribution < 1.29 is 23.9 Å². The van der Waals surface area contributed by atoms with E-state index in [1.807, 2.05) is 49.8 Å². The molecule has 1 N–H and O–H groups in total. The van der Waals surface area contributed by atoms with Crippen molar-refractivity contribution in [2.24, 2.45) is 0 Å². The minimum atomic E-state index is -0.628. The average molecular weight is 632 g/mol. The first kappa shape index (κ1) is 34.1. The van der Waals surface area contributed by atoms with E-state index >= 15 is 0 Å². The summed E-state index contributed by atoms with van der Waals surface area (Å²) in [5.74, 6) is 1.23. The van der Waals surface area contributed by atoms with Crippen molar-refractivity contribution in [3.8, 4) is 11.1 Å². The number of hydrogen-bond acceptors (Lipinski definition) is 10. The number of ether oxygens (including phenoxy) is 2. The molecule has 46 heavy (non-hydrogen) atoms. The minimum absolute atomic E-state index is 0.143. The highest BCUT2D eigenvalue weighted by Crippen LogP contribution is 2.24. The number of alkyl carbamates (subject to hydrolysis) is 1. The lowest BCUT2D eigenvalue weighted by atomic mass is 10.1. The number of rotatable bonds is 11. The third-order valence-electron chi connectivity index (χ3n) is 7.42. The molecule has 0 spiro atoms. The molecule has 0 aliphatic carbocycles. The largest absolute Gasteiger partial charge is 0.466 e. The smallest absolute Gasteiger partial charge is 0.408 e. The molecule has 1 aliphatic rings. The molecule has 246 valence electrons. The molecular weight excluding hydrogens is 586 g/mol. The summed E-state index contributed by atoms with van der Waals surface area (Å²) < 4.78 is 10.2. The molecule has 12 nitrogen and oxygen atoms in total. The number of carbonyl (C=O) groups excluding carboxylic acids is 3. The number of hydrogen-bond donors (Lipinski definition) is 1. The van der Waals surface area contributed by atoms with Crippen LogP contribution >= 0.6 is 0 Å². The van der Waals surface area contributed by atoms with E-state index in [9.17, 15) is 14.4 Å². The fourth-order valence-electron chi connectivity index (χ4n) is 5.13. The summed E-state index contributed by atoms with van der Waals surface area (Å²) in [7, 11) is 1.70. The van der Waals surface area contributed by atoms with Crippen molar-refractivity contribution in [2.75, 3.05) is 56.2 Å². The van der Waals surface area contributed by atoms with Crippen LogP contribution in [0.1, 0.15) is 50.8 Å². The van der Waals surface area contributed by atoms with Crippen LogP contribution in [0.4, 0.5) is 16.6 Å². The molecule has 4 rings (SSSR count). The van der Waals surface area contributed by atoms with E-state index in [4.69, 9.17) is 14.5 Å². The average Bonchev–Trinajstić information content (AvgIpc) is 3.02. The highest BCUT2D eigenvalue weighted by molar-refractivity contribution is 5.82. The zero-order valence-corrected chi connectivity index (χ0v) is 27.7. The van der Waals surface area contributed by atoms with Gasteiger partial charge in [-0.1, -0.05) is 24.3 Å². The van der Waals surface area contributed by atoms with Crippen LogP contribution in [0.5, 0.6) is 0 Å². The van der Waals surface area contributed by atoms with Crippen molar-refractivity contribution >= 4 is 29.7 Å². The van der Waals surface area contributed by atoms with Gasteiger partial charge >= 0.3 is 12.1 Å². The number of likely N-dealkylation sites (N-methyl/N-ethyl adjacent to an activating group) is 1. The Morgan fingerprint density at radius 3 is 2.28 bits per heavy atom. The number of nitrogens with one attached hydrogen (secondary N) is 1. The van der Waals surface area contributed by atoms with Gasteiger partial charge in [-0.15, -0.1) is 0 Å². The van der Waals surface area contributed by atoms with Gasteiger partial charge in [-0.05, 0) is 69.4 Å². The maximum Gasteiger partial charge on any atom is 0.408 e. The van der Waals surface area contributed by atoms with Crippen molar-refractivity contribution in [1.82, 2.24) is 25.2 Å². The molecule has 2 amide bonds. The predicted molar refractivity (Wildman–Crippen MR) is 177 cm³/mol. The van der Waals surface area contributed by atoms with Crippen LogP contribution in [-0.4, -0.2) is 89.8 Å². The van der Waals surface area contributed by atoms with Gasteiger partial charge in [0.1, 0.15) is 18.0 Å². The van der Waals surface area contributed by atoms with Crippen molar-refractivity contribution in [2.45, 2.75) is 59.6 Å². The van der Waals surface area contributed by atoms with Crippen LogP contribution in [0, 0.1) is 6.92 Å². The molecule has 12 heteroatoms. The van der Waals surface area contributed by atoms with E-state index in [-0.39, 0.29) is 18.4 Å². The van der Waals surface area contributed by atoms with Gasteiger partial charge in [-0.25, -0.2) is 19.7 Å². The Hall–Kier alpha value is -4.74. The lowest BCUT2D eigenvalue weighted by Crippen LogP contribution is -2.47. The van der Waals surface area contributed by atoms with Crippen LogP contribution in [0.3, 0.4) is 0 Å². The second-order valence-electron chi connectivity index (χ2n) is 12.3. The number of nitrogens with zero attached hydrogens (tertiary/aromatic N) is 6. The first-order valence-corrected chi connectivity index (χ1v) is 15.6. The molecule has 1 fully saturated rings. The molecule has 1 aliphatic heterocycles. The molecule has 0 atom stereocenters. The SMILES string of the molecule is CCOC(=O)CCc1cnc(N2CCN(c3ncc(-c4cccc(CN(C)C(=O)CNC(=O)OC(C)(C)C)c4)cn3)CC2)c(C)c1. The highest BCUT2D eigenvalue weighted by atomic mass is 16.6. The quantitative estimate of drug-likeness (QED) is 0.308. The summed E-state index contributed by atoms with van der Waals surface area (Å²) in [5, 5.41) is 2.51. The van der Waals surface area contributed by atoms with Gasteiger partial charge in [0.2, 0.25) is 11.9 Å². The van der Waals surface area contributed by atoms with Crippen molar-refractivity contribution in [3.05, 3.63) is 65.6 Å². The van der Waals surface area contributed by atoms with Crippen LogP contribution < -0.4 is 15.1 Å². The lowest BCUT2D eigenvalue weighted by molar-refractivity contribution is -0.143. The second kappa shape index (κ2) is 15.5. The van der Waals surface area contributed by atoms with Gasteiger partial charge in [0.25, 0.3) is 0 Å². The zero-order valence-electron chi connectivity index (χ0n) is 27.7. The number of aryl methyl sites for hydroxylation is 2. The van der Waals surface area contributed by atoms with E-state index in [1.54, 1.807) is 32.7 Å². The van der Waals surface area contributed by atoms with E-state index in [1.165, 1.54) is 0 Å². The molecule has 1 aromatic carbocycles. The number of piperazine rings is 1. The third-order valence-corrected chi connectivity index (χ3v) is 7.42. The monoisotopic (exact) mass is 631 g/mol. The standard InChI is InChI=1S/C34H45N7O5/c1-7-45-30(43)12-11-25-17-24(2)31(35-19-25)40-13-15-41(16-14-40)32-36-20-28(21-37-32)27-10-8-9-26(18-27)23-39(6)29(42)22-38-33(44)46-34(3,4)5/h8-10,17-21H,7,11-16,22-23H2,1-6H3,(H,38,44). The summed E-state index contributed by atoms with van der Waals surface area (Å²) in [6.07, 6.45) is 5.85. The van der Waals surface area contributed by atoms with Gasteiger partial charge < -0.3 is 29.5 Å². The Morgan fingerprint density at radius 2 is 1.63 bits per heavy atom. The number of amides is 2. The van der Waals surface area contributed by atoms with Gasteiger partial charge in [-0.3, -0.25) is 9.59 Å². The first-order chi connectivity index (χ1) is 21.9. The fourth-order valence-corrected chi connectivity index (χ4v) is 5.13. The number of esters is 1. The first-order valence-electron chi connectivity index (χ1n) is 15.6. The predicted octanol–water partition coefficient (Wildman–Crippen LogP) is 4.15. The maximum atomic E-state index is 12.6. The highest BCUT2D eigenvalue weighted by Gasteiger charge is 2.22. The number of benzene rings is 1. The van der Waals surface area contributed by atoms with Crippen LogP contribution in [0.2, 0.25) is 0 Å². The summed E-state index contributed by atoms with van der Waals surface area (Å²) in [6.45, 7) is 12.9. The van der Waals surface area contributed by atoms with E-state index in [0.29, 0.717) is 31.9 Å². The third kappa shape index (κ3) is 9.88. The fraction of sp³-hybridized carbons (Fsp3) is 0.471. The molecule has 0 bridgehead atoms. The molecule has 3 heterocycles. The number of aromatic nitrogens is 3. The van der Waals surface area contributed by atoms with Crippen LogP contribution in [0.15, 0.2) is 48.9 Å². The maximum absolute atomic E-state index is 12.6. The molecule has 3 aromatic rings. The molecular formula is C34H45N7O5. The summed E-state index contributed by atoms with van der Waals surface area (Å²) in [4.78, 5) is 56.2. The van der Waals surface area contributed by atoms with E-state index in [2.05, 4.69) is 38.1 Å². The Balaban J connectivity index is 1.28. The van der Waals surface area contributed by atoms with Crippen molar-refractivity contribution in [1.29, 1.82) is 0 Å². The normalized spacial score (nSPS) is 13.3. The summed E-state index contributed by atoms with van der Waals surface area (Å²) >= 11 is 0. The molecule has 2 aromatic heterocycles. The zero-order chi connectivity index (χ0) is 33.3. The second-order valence-corrected chi connectivity index (χ2v) is 12.3.